The fourth-order valence-corrected chi connectivity index (χ4v) is 0.892. The molecule has 1 aromatic rings. The first-order valence-electron chi connectivity index (χ1n) is 4.24. The molecular formula is C9H14N2O2. The van der Waals surface area contributed by atoms with Gasteiger partial charge in [-0.15, -0.1) is 0 Å². The predicted molar refractivity (Wildman–Crippen MR) is 51.0 cm³/mol. The second kappa shape index (κ2) is 5.37. The topological polar surface area (TPSA) is 54.4 Å². The Hall–Kier alpha value is -1.29. The molecule has 0 spiro atoms. The molecule has 0 unspecified atom stereocenters. The van der Waals surface area contributed by atoms with Crippen molar-refractivity contribution in [1.82, 2.24) is 4.98 Å². The quantitative estimate of drug-likeness (QED) is 0.664. The summed E-state index contributed by atoms with van der Waals surface area (Å²) in [5.41, 5.74) is 0. The van der Waals surface area contributed by atoms with Crippen molar-refractivity contribution < 1.29 is 9.84 Å². The number of hydrogen-bond donors (Lipinski definition) is 2. The first-order chi connectivity index (χ1) is 6.36. The highest BCUT2D eigenvalue weighted by molar-refractivity contribution is 5.39. The maximum absolute atomic E-state index is 8.54. The van der Waals surface area contributed by atoms with Crippen LogP contribution >= 0.6 is 0 Å². The van der Waals surface area contributed by atoms with Crippen molar-refractivity contribution in [3.05, 3.63) is 18.3 Å². The number of aromatic nitrogens is 1. The van der Waals surface area contributed by atoms with Crippen LogP contribution in [-0.4, -0.2) is 30.4 Å². The van der Waals surface area contributed by atoms with E-state index >= 15 is 0 Å². The van der Waals surface area contributed by atoms with Gasteiger partial charge in [-0.2, -0.15) is 0 Å². The van der Waals surface area contributed by atoms with E-state index in [9.17, 15) is 0 Å². The van der Waals surface area contributed by atoms with Gasteiger partial charge >= 0.3 is 0 Å². The zero-order valence-corrected chi connectivity index (χ0v) is 7.66. The zero-order valence-electron chi connectivity index (χ0n) is 7.66. The molecule has 1 rings (SSSR count). The highest BCUT2D eigenvalue weighted by Crippen LogP contribution is 2.13. The van der Waals surface area contributed by atoms with Crippen LogP contribution < -0.4 is 10.1 Å². The van der Waals surface area contributed by atoms with Gasteiger partial charge in [0.05, 0.1) is 6.61 Å². The summed E-state index contributed by atoms with van der Waals surface area (Å²) in [6.45, 7) is 0.688. The van der Waals surface area contributed by atoms with Crippen LogP contribution in [0.1, 0.15) is 6.42 Å². The van der Waals surface area contributed by atoms with Gasteiger partial charge in [0.15, 0.2) is 0 Å². The van der Waals surface area contributed by atoms with Gasteiger partial charge in [-0.25, -0.2) is 4.98 Å². The second-order valence-corrected chi connectivity index (χ2v) is 2.55. The van der Waals surface area contributed by atoms with Crippen molar-refractivity contribution >= 4 is 5.82 Å². The predicted octanol–water partition coefficient (Wildman–Crippen LogP) is 0.884. The molecule has 0 saturated heterocycles. The maximum atomic E-state index is 8.54. The minimum Gasteiger partial charge on any atom is -0.493 e. The fourth-order valence-electron chi connectivity index (χ4n) is 0.892. The van der Waals surface area contributed by atoms with E-state index in [0.29, 0.717) is 13.0 Å². The van der Waals surface area contributed by atoms with Crippen LogP contribution in [0.3, 0.4) is 0 Å². The lowest BCUT2D eigenvalue weighted by Crippen LogP contribution is -2.00. The number of rotatable bonds is 5. The number of hydrogen-bond acceptors (Lipinski definition) is 4. The molecule has 13 heavy (non-hydrogen) atoms. The Bertz CT molecular complexity index is 253. The molecule has 0 aliphatic heterocycles. The highest BCUT2D eigenvalue weighted by Gasteiger charge is 1.95. The van der Waals surface area contributed by atoms with E-state index in [1.54, 1.807) is 19.3 Å². The van der Waals surface area contributed by atoms with Crippen LogP contribution in [0.5, 0.6) is 5.75 Å². The SMILES string of the molecule is CNc1cc(OCCCO)ccn1. The van der Waals surface area contributed by atoms with E-state index < -0.39 is 0 Å². The van der Waals surface area contributed by atoms with Gasteiger partial charge in [0.1, 0.15) is 11.6 Å². The van der Waals surface area contributed by atoms with Gasteiger partial charge < -0.3 is 15.2 Å². The Balaban J connectivity index is 2.46. The van der Waals surface area contributed by atoms with E-state index in [-0.39, 0.29) is 6.61 Å². The lowest BCUT2D eigenvalue weighted by Gasteiger charge is -2.05. The minimum absolute atomic E-state index is 0.157. The second-order valence-electron chi connectivity index (χ2n) is 2.55. The fraction of sp³-hybridized carbons (Fsp3) is 0.444. The molecule has 0 aliphatic carbocycles. The van der Waals surface area contributed by atoms with Gasteiger partial charge in [0.2, 0.25) is 0 Å². The normalized spacial score (nSPS) is 9.69. The molecule has 1 aromatic heterocycles. The molecule has 0 radical (unpaired) electrons. The number of ether oxygens (including phenoxy) is 1. The summed E-state index contributed by atoms with van der Waals surface area (Å²) in [6.07, 6.45) is 2.33. The number of pyridine rings is 1. The molecule has 4 heteroatoms. The van der Waals surface area contributed by atoms with Crippen molar-refractivity contribution in [3.8, 4) is 5.75 Å². The molecule has 0 fully saturated rings. The van der Waals surface area contributed by atoms with Gasteiger partial charge in [0, 0.05) is 32.3 Å². The Morgan fingerprint density at radius 1 is 1.62 bits per heavy atom. The Kier molecular flexibility index (Phi) is 4.05. The maximum Gasteiger partial charge on any atom is 0.129 e. The molecule has 0 atom stereocenters. The molecule has 2 N–H and O–H groups in total. The van der Waals surface area contributed by atoms with Gasteiger partial charge in [-0.1, -0.05) is 0 Å². The van der Waals surface area contributed by atoms with Gasteiger partial charge in [-0.05, 0) is 6.07 Å². The average Bonchev–Trinajstić information content (AvgIpc) is 2.19. The molecular weight excluding hydrogens is 168 g/mol. The number of anilines is 1. The Morgan fingerprint density at radius 2 is 2.46 bits per heavy atom. The Labute approximate surface area is 77.6 Å². The standard InChI is InChI=1S/C9H14N2O2/c1-10-9-7-8(3-4-11-9)13-6-2-5-12/h3-4,7,12H,2,5-6H2,1H3,(H,10,11). The lowest BCUT2D eigenvalue weighted by atomic mass is 10.4. The number of nitrogens with zero attached hydrogens (tertiary/aromatic N) is 1. The minimum atomic E-state index is 0.157. The molecule has 72 valence electrons. The largest absolute Gasteiger partial charge is 0.493 e. The third-order valence-corrected chi connectivity index (χ3v) is 1.56. The van der Waals surface area contributed by atoms with E-state index in [1.807, 2.05) is 6.07 Å². The monoisotopic (exact) mass is 182 g/mol. The molecule has 0 aromatic carbocycles. The van der Waals surface area contributed by atoms with E-state index in [2.05, 4.69) is 10.3 Å². The number of nitrogens with one attached hydrogen (secondary N) is 1. The Morgan fingerprint density at radius 3 is 3.15 bits per heavy atom. The molecule has 0 bridgehead atoms. The summed E-state index contributed by atoms with van der Waals surface area (Å²) in [6, 6.07) is 3.61. The average molecular weight is 182 g/mol. The summed E-state index contributed by atoms with van der Waals surface area (Å²) < 4.78 is 5.35. The summed E-state index contributed by atoms with van der Waals surface area (Å²) >= 11 is 0. The van der Waals surface area contributed by atoms with E-state index in [1.165, 1.54) is 0 Å². The zero-order chi connectivity index (χ0) is 9.52. The van der Waals surface area contributed by atoms with Crippen molar-refractivity contribution in [2.24, 2.45) is 0 Å². The summed E-state index contributed by atoms with van der Waals surface area (Å²) in [4.78, 5) is 4.05. The van der Waals surface area contributed by atoms with Crippen molar-refractivity contribution in [3.63, 3.8) is 0 Å². The summed E-state index contributed by atoms with van der Waals surface area (Å²) in [5, 5.41) is 11.5. The molecule has 1 heterocycles. The van der Waals surface area contributed by atoms with Crippen LogP contribution in [0.25, 0.3) is 0 Å². The van der Waals surface area contributed by atoms with E-state index in [0.717, 1.165) is 11.6 Å². The van der Waals surface area contributed by atoms with Gasteiger partial charge in [0.25, 0.3) is 0 Å². The van der Waals surface area contributed by atoms with Crippen LogP contribution in [0.15, 0.2) is 18.3 Å². The third kappa shape index (κ3) is 3.29. The molecule has 0 amide bonds. The van der Waals surface area contributed by atoms with Gasteiger partial charge in [-0.3, -0.25) is 0 Å². The molecule has 4 nitrogen and oxygen atoms in total. The first-order valence-corrected chi connectivity index (χ1v) is 4.24. The van der Waals surface area contributed by atoms with Crippen LogP contribution in [0.2, 0.25) is 0 Å². The lowest BCUT2D eigenvalue weighted by molar-refractivity contribution is 0.233. The van der Waals surface area contributed by atoms with Crippen molar-refractivity contribution in [1.29, 1.82) is 0 Å². The van der Waals surface area contributed by atoms with E-state index in [4.69, 9.17) is 9.84 Å². The third-order valence-electron chi connectivity index (χ3n) is 1.56. The first kappa shape index (κ1) is 9.80. The van der Waals surface area contributed by atoms with Crippen molar-refractivity contribution in [2.75, 3.05) is 25.6 Å². The van der Waals surface area contributed by atoms with Crippen LogP contribution in [0.4, 0.5) is 5.82 Å². The summed E-state index contributed by atoms with van der Waals surface area (Å²) in [5.74, 6) is 1.55. The highest BCUT2D eigenvalue weighted by atomic mass is 16.5. The molecule has 0 aliphatic rings. The van der Waals surface area contributed by atoms with Crippen LogP contribution in [0, 0.1) is 0 Å². The smallest absolute Gasteiger partial charge is 0.129 e. The molecule has 0 saturated carbocycles. The summed E-state index contributed by atoms with van der Waals surface area (Å²) in [7, 11) is 1.81. The number of aliphatic hydroxyl groups excluding tert-OH is 1. The van der Waals surface area contributed by atoms with Crippen molar-refractivity contribution in [2.45, 2.75) is 6.42 Å². The van der Waals surface area contributed by atoms with Crippen LogP contribution in [-0.2, 0) is 0 Å². The number of aliphatic hydroxyl groups is 1.